The zero-order chi connectivity index (χ0) is 22.1. The first-order valence-electron chi connectivity index (χ1n) is 8.59. The maximum absolute atomic E-state index is 12.3. The largest absolute Gasteiger partial charge is 0.457 e. The Kier molecular flexibility index (Phi) is 6.06. The van der Waals surface area contributed by atoms with E-state index in [0.29, 0.717) is 37.7 Å². The molecule has 1 N–H and O–H groups in total. The second kappa shape index (κ2) is 8.76. The Morgan fingerprint density at radius 3 is 2.65 bits per heavy atom. The molecule has 1 amide bonds. The summed E-state index contributed by atoms with van der Waals surface area (Å²) in [5, 5.41) is 14.6. The van der Waals surface area contributed by atoms with Crippen LogP contribution in [0.15, 0.2) is 62.8 Å². The number of carbonyl (C=O) groups excluding carboxylic acids is 1. The van der Waals surface area contributed by atoms with Gasteiger partial charge in [-0.1, -0.05) is 40.9 Å². The summed E-state index contributed by atoms with van der Waals surface area (Å²) in [4.78, 5) is 27.2. The fourth-order valence-electron chi connectivity index (χ4n) is 2.69. The number of amides is 1. The van der Waals surface area contributed by atoms with Crippen molar-refractivity contribution in [2.24, 2.45) is 4.99 Å². The molecule has 31 heavy (non-hydrogen) atoms. The number of non-ortho nitro benzene ring substituents is 1. The summed E-state index contributed by atoms with van der Waals surface area (Å²) in [5.74, 6) is 0.591. The molecule has 0 radical (unpaired) electrons. The zero-order valence-electron chi connectivity index (χ0n) is 15.3. The van der Waals surface area contributed by atoms with Crippen molar-refractivity contribution < 1.29 is 14.1 Å². The van der Waals surface area contributed by atoms with Crippen molar-refractivity contribution in [3.8, 4) is 11.3 Å². The number of hydrogen-bond donors (Lipinski definition) is 1. The van der Waals surface area contributed by atoms with Gasteiger partial charge in [-0.05, 0) is 42.1 Å². The zero-order valence-corrected chi connectivity index (χ0v) is 18.3. The van der Waals surface area contributed by atoms with Gasteiger partial charge in [-0.25, -0.2) is 4.99 Å². The Morgan fingerprint density at radius 2 is 1.90 bits per heavy atom. The molecule has 0 bridgehead atoms. The third kappa shape index (κ3) is 4.62. The molecule has 0 saturated carbocycles. The van der Waals surface area contributed by atoms with E-state index in [4.69, 9.17) is 39.2 Å². The Morgan fingerprint density at radius 1 is 1.10 bits per heavy atom. The lowest BCUT2D eigenvalue weighted by atomic mass is 10.2. The predicted octanol–water partition coefficient (Wildman–Crippen LogP) is 6.71. The number of halogens is 3. The van der Waals surface area contributed by atoms with Gasteiger partial charge in [0.25, 0.3) is 11.6 Å². The van der Waals surface area contributed by atoms with E-state index in [-0.39, 0.29) is 21.8 Å². The van der Waals surface area contributed by atoms with Crippen LogP contribution < -0.4 is 5.32 Å². The number of aliphatic imine (C=N–C) groups is 1. The summed E-state index contributed by atoms with van der Waals surface area (Å²) in [5.41, 5.74) is 0.788. The van der Waals surface area contributed by atoms with Crippen LogP contribution in [0.1, 0.15) is 5.76 Å². The van der Waals surface area contributed by atoms with Crippen LogP contribution in [0.4, 0.5) is 11.4 Å². The number of carbonyl (C=O) groups is 1. The smallest absolute Gasteiger partial charge is 0.271 e. The lowest BCUT2D eigenvalue weighted by Crippen LogP contribution is -2.19. The first kappa shape index (κ1) is 21.5. The van der Waals surface area contributed by atoms with Crippen LogP contribution in [-0.4, -0.2) is 16.0 Å². The summed E-state index contributed by atoms with van der Waals surface area (Å²) in [6, 6.07) is 12.5. The number of thioether (sulfide) groups is 1. The first-order valence-corrected chi connectivity index (χ1v) is 10.5. The van der Waals surface area contributed by atoms with E-state index in [1.807, 2.05) is 0 Å². The molecule has 2 heterocycles. The highest BCUT2D eigenvalue weighted by Crippen LogP contribution is 2.36. The molecule has 1 aromatic heterocycles. The van der Waals surface area contributed by atoms with Crippen LogP contribution in [-0.2, 0) is 4.79 Å². The first-order chi connectivity index (χ1) is 14.8. The Labute approximate surface area is 194 Å². The number of benzene rings is 2. The van der Waals surface area contributed by atoms with Gasteiger partial charge in [0.05, 0.1) is 30.6 Å². The molecule has 4 rings (SSSR count). The monoisotopic (exact) mass is 493 g/mol. The van der Waals surface area contributed by atoms with Crippen LogP contribution in [0.5, 0.6) is 0 Å². The van der Waals surface area contributed by atoms with E-state index in [1.165, 1.54) is 18.2 Å². The van der Waals surface area contributed by atoms with Crippen molar-refractivity contribution in [2.75, 3.05) is 0 Å². The second-order valence-electron chi connectivity index (χ2n) is 6.18. The number of hydrogen-bond acceptors (Lipinski definition) is 6. The third-order valence-corrected chi connectivity index (χ3v) is 6.16. The van der Waals surface area contributed by atoms with Crippen molar-refractivity contribution in [2.45, 2.75) is 0 Å². The van der Waals surface area contributed by atoms with Crippen LogP contribution in [0.25, 0.3) is 17.4 Å². The fraction of sp³-hybridized carbons (Fsp3) is 0. The third-order valence-electron chi connectivity index (χ3n) is 4.13. The van der Waals surface area contributed by atoms with Gasteiger partial charge >= 0.3 is 0 Å². The Hall–Kier alpha value is -2.78. The molecular formula is C20H10Cl3N3O4S. The molecule has 0 spiro atoms. The highest BCUT2D eigenvalue weighted by atomic mass is 35.5. The normalized spacial score (nSPS) is 16.2. The molecule has 11 heteroatoms. The molecule has 1 aliphatic rings. The topological polar surface area (TPSA) is 97.7 Å². The molecule has 0 atom stereocenters. The average molecular weight is 495 g/mol. The molecule has 0 unspecified atom stereocenters. The van der Waals surface area contributed by atoms with Gasteiger partial charge in [-0.15, -0.1) is 0 Å². The van der Waals surface area contributed by atoms with Crippen molar-refractivity contribution >= 4 is 75.1 Å². The molecule has 1 saturated heterocycles. The predicted molar refractivity (Wildman–Crippen MR) is 123 cm³/mol. The van der Waals surface area contributed by atoms with E-state index in [2.05, 4.69) is 10.3 Å². The quantitative estimate of drug-likeness (QED) is 0.247. The summed E-state index contributed by atoms with van der Waals surface area (Å²) in [7, 11) is 0. The Balaban J connectivity index is 1.56. The molecule has 1 fully saturated rings. The molecule has 7 nitrogen and oxygen atoms in total. The number of nitro groups is 1. The molecular weight excluding hydrogens is 485 g/mol. The van der Waals surface area contributed by atoms with Crippen LogP contribution in [0.3, 0.4) is 0 Å². The molecule has 156 valence electrons. The summed E-state index contributed by atoms with van der Waals surface area (Å²) < 4.78 is 5.79. The number of amidine groups is 1. The highest BCUT2D eigenvalue weighted by Gasteiger charge is 2.25. The van der Waals surface area contributed by atoms with E-state index >= 15 is 0 Å². The minimum atomic E-state index is -0.552. The minimum Gasteiger partial charge on any atom is -0.457 e. The highest BCUT2D eigenvalue weighted by molar-refractivity contribution is 8.18. The molecule has 1 aliphatic heterocycles. The van der Waals surface area contributed by atoms with Gasteiger partial charge in [0.1, 0.15) is 11.5 Å². The van der Waals surface area contributed by atoms with Crippen molar-refractivity contribution in [3.05, 3.63) is 84.4 Å². The molecule has 0 aliphatic carbocycles. The average Bonchev–Trinajstić information content (AvgIpc) is 3.32. The number of rotatable bonds is 4. The Bertz CT molecular complexity index is 1290. The van der Waals surface area contributed by atoms with E-state index < -0.39 is 4.92 Å². The van der Waals surface area contributed by atoms with E-state index in [1.54, 1.807) is 36.4 Å². The van der Waals surface area contributed by atoms with Gasteiger partial charge < -0.3 is 9.73 Å². The van der Waals surface area contributed by atoms with Crippen LogP contribution >= 0.6 is 46.6 Å². The van der Waals surface area contributed by atoms with Crippen LogP contribution in [0.2, 0.25) is 15.1 Å². The van der Waals surface area contributed by atoms with Gasteiger partial charge in [0, 0.05) is 23.8 Å². The SMILES string of the molecule is O=C1NC(=Nc2ccc([N+](=O)[O-])cc2Cl)S/C1=C/c1ccc(-c2cccc(Cl)c2Cl)o1. The fourth-order valence-corrected chi connectivity index (χ4v) is 4.11. The van der Waals surface area contributed by atoms with Crippen molar-refractivity contribution in [1.82, 2.24) is 5.32 Å². The summed E-state index contributed by atoms with van der Waals surface area (Å²) >= 11 is 19.4. The van der Waals surface area contributed by atoms with Crippen molar-refractivity contribution in [1.29, 1.82) is 0 Å². The van der Waals surface area contributed by atoms with E-state index in [0.717, 1.165) is 11.8 Å². The number of nitrogens with zero attached hydrogens (tertiary/aromatic N) is 2. The summed E-state index contributed by atoms with van der Waals surface area (Å²) in [6.45, 7) is 0. The van der Waals surface area contributed by atoms with Gasteiger partial charge in [-0.3, -0.25) is 14.9 Å². The maximum Gasteiger partial charge on any atom is 0.271 e. The standard InChI is InChI=1S/C20H10Cl3N3O4S/c21-13-3-1-2-12(18(13)23)16-7-5-11(30-16)9-17-19(27)25-20(31-17)24-15-6-4-10(26(28)29)8-14(15)22/h1-9H,(H,24,25,27)/b17-9+. The van der Waals surface area contributed by atoms with Gasteiger partial charge in [0.2, 0.25) is 0 Å². The minimum absolute atomic E-state index is 0.100. The van der Waals surface area contributed by atoms with Crippen molar-refractivity contribution in [3.63, 3.8) is 0 Å². The van der Waals surface area contributed by atoms with Gasteiger partial charge in [-0.2, -0.15) is 0 Å². The summed E-state index contributed by atoms with van der Waals surface area (Å²) in [6.07, 6.45) is 1.57. The second-order valence-corrected chi connectivity index (χ2v) is 8.40. The number of nitrogens with one attached hydrogen (secondary N) is 1. The van der Waals surface area contributed by atoms with Gasteiger partial charge in [0.15, 0.2) is 5.17 Å². The lowest BCUT2D eigenvalue weighted by Gasteiger charge is -2.01. The van der Waals surface area contributed by atoms with E-state index in [9.17, 15) is 14.9 Å². The number of furan rings is 1. The number of nitro benzene ring substituents is 1. The molecule has 2 aromatic carbocycles. The maximum atomic E-state index is 12.3. The lowest BCUT2D eigenvalue weighted by molar-refractivity contribution is -0.384. The van der Waals surface area contributed by atoms with Crippen LogP contribution in [0, 0.1) is 10.1 Å². The molecule has 3 aromatic rings.